The normalized spacial score (nSPS) is 10.3. The van der Waals surface area contributed by atoms with Crippen LogP contribution in [0.3, 0.4) is 0 Å². The Morgan fingerprint density at radius 3 is 2.54 bits per heavy atom. The van der Waals surface area contributed by atoms with E-state index in [1.165, 1.54) is 0 Å². The molecule has 0 bridgehead atoms. The van der Waals surface area contributed by atoms with Gasteiger partial charge in [0.05, 0.1) is 5.69 Å². The topological polar surface area (TPSA) is 106 Å². The molecule has 0 aliphatic carbocycles. The Balaban J connectivity index is 1.75. The van der Waals surface area contributed by atoms with Gasteiger partial charge < -0.3 is 16.4 Å². The average Bonchev–Trinajstić information content (AvgIpc) is 2.67. The van der Waals surface area contributed by atoms with Crippen LogP contribution in [0.5, 0.6) is 0 Å². The number of anilines is 2. The van der Waals surface area contributed by atoms with Gasteiger partial charge in [-0.25, -0.2) is 14.8 Å². The maximum absolute atomic E-state index is 11.3. The van der Waals surface area contributed by atoms with E-state index in [9.17, 15) is 4.79 Å². The predicted octanol–water partition coefficient (Wildman–Crippen LogP) is 3.16. The smallest absolute Gasteiger partial charge is 0.318 e. The van der Waals surface area contributed by atoms with Gasteiger partial charge in [-0.05, 0) is 36.4 Å². The third-order valence-electron chi connectivity index (χ3n) is 3.46. The van der Waals surface area contributed by atoms with Gasteiger partial charge in [0.2, 0.25) is 0 Å². The molecule has 3 aromatic rings. The number of rotatable bonds is 5. The van der Waals surface area contributed by atoms with E-state index in [0.29, 0.717) is 23.1 Å². The molecule has 2 amide bonds. The monoisotopic (exact) mass is 366 g/mol. The number of thioether (sulfide) groups is 1. The highest BCUT2D eigenvalue weighted by Crippen LogP contribution is 2.24. The first-order valence-corrected chi connectivity index (χ1v) is 8.88. The van der Waals surface area contributed by atoms with Crippen molar-refractivity contribution in [1.29, 1.82) is 0 Å². The minimum atomic E-state index is -0.270. The van der Waals surface area contributed by atoms with E-state index in [1.807, 2.05) is 24.3 Å². The predicted molar refractivity (Wildman–Crippen MR) is 104 cm³/mol. The summed E-state index contributed by atoms with van der Waals surface area (Å²) in [6.45, 7) is 0. The minimum absolute atomic E-state index is 0.270. The summed E-state index contributed by atoms with van der Waals surface area (Å²) in [6.07, 6.45) is 3.52. The van der Waals surface area contributed by atoms with E-state index in [0.717, 1.165) is 16.2 Å². The van der Waals surface area contributed by atoms with Crippen molar-refractivity contribution in [1.82, 2.24) is 20.3 Å². The van der Waals surface area contributed by atoms with Gasteiger partial charge in [-0.1, -0.05) is 0 Å². The molecule has 132 valence electrons. The van der Waals surface area contributed by atoms with E-state index in [2.05, 4.69) is 25.6 Å². The minimum Gasteiger partial charge on any atom is -0.384 e. The first-order valence-electron chi connectivity index (χ1n) is 7.89. The summed E-state index contributed by atoms with van der Waals surface area (Å²) < 4.78 is 0. The number of nitrogens with one attached hydrogen (secondary N) is 2. The number of hydrogen-bond acceptors (Lipinski definition) is 6. The molecule has 0 unspecified atom stereocenters. The molecule has 3 rings (SSSR count). The number of aromatic nitrogens is 3. The fourth-order valence-electron chi connectivity index (χ4n) is 2.21. The Morgan fingerprint density at radius 1 is 1.12 bits per heavy atom. The van der Waals surface area contributed by atoms with E-state index in [-0.39, 0.29) is 6.03 Å². The summed E-state index contributed by atoms with van der Waals surface area (Å²) in [6, 6.07) is 12.7. The lowest BCUT2D eigenvalue weighted by Gasteiger charge is -2.08. The molecule has 0 atom stereocenters. The second kappa shape index (κ2) is 8.30. The zero-order chi connectivity index (χ0) is 18.4. The number of pyridine rings is 1. The van der Waals surface area contributed by atoms with Gasteiger partial charge in [-0.2, -0.15) is 0 Å². The number of carbonyl (C=O) groups is 1. The number of nitrogen functional groups attached to an aromatic ring is 1. The lowest BCUT2D eigenvalue weighted by atomic mass is 10.2. The van der Waals surface area contributed by atoms with Crippen molar-refractivity contribution in [3.8, 4) is 11.4 Å². The second-order valence-electron chi connectivity index (χ2n) is 5.36. The van der Waals surface area contributed by atoms with Crippen molar-refractivity contribution in [3.63, 3.8) is 0 Å². The highest BCUT2D eigenvalue weighted by molar-refractivity contribution is 7.98. The Labute approximate surface area is 155 Å². The van der Waals surface area contributed by atoms with Crippen molar-refractivity contribution in [2.75, 3.05) is 18.1 Å². The largest absolute Gasteiger partial charge is 0.384 e. The van der Waals surface area contributed by atoms with Crippen LogP contribution in [0, 0.1) is 0 Å². The number of nitrogens with zero attached hydrogens (tertiary/aromatic N) is 3. The van der Waals surface area contributed by atoms with E-state index >= 15 is 0 Å². The van der Waals surface area contributed by atoms with Crippen LogP contribution in [-0.2, 0) is 5.75 Å². The lowest BCUT2D eigenvalue weighted by molar-refractivity contribution is 0.254. The van der Waals surface area contributed by atoms with Gasteiger partial charge >= 0.3 is 6.03 Å². The molecule has 0 aliphatic rings. The summed E-state index contributed by atoms with van der Waals surface area (Å²) >= 11 is 1.66. The molecule has 0 aliphatic heterocycles. The van der Waals surface area contributed by atoms with Crippen LogP contribution in [0.25, 0.3) is 11.4 Å². The van der Waals surface area contributed by atoms with Crippen molar-refractivity contribution in [2.24, 2.45) is 0 Å². The molecule has 0 saturated heterocycles. The van der Waals surface area contributed by atoms with Crippen molar-refractivity contribution in [3.05, 3.63) is 60.6 Å². The quantitative estimate of drug-likeness (QED) is 0.599. The first kappa shape index (κ1) is 17.7. The zero-order valence-corrected chi connectivity index (χ0v) is 15.0. The number of nitrogens with two attached hydrogens (primary N) is 1. The molecule has 7 nitrogen and oxygen atoms in total. The Kier molecular flexibility index (Phi) is 5.65. The second-order valence-corrected chi connectivity index (χ2v) is 6.41. The van der Waals surface area contributed by atoms with Crippen LogP contribution in [-0.4, -0.2) is 28.0 Å². The molecule has 8 heteroatoms. The SMILES string of the molecule is CNC(=O)Nc1ccc(-c2nc(N)cc(CSc3ccncc3)n2)cc1. The van der Waals surface area contributed by atoms with Crippen molar-refractivity contribution < 1.29 is 4.79 Å². The highest BCUT2D eigenvalue weighted by Gasteiger charge is 2.07. The number of benzene rings is 1. The molecule has 1 aromatic carbocycles. The maximum atomic E-state index is 11.3. The standard InChI is InChI=1S/C18H18N6OS/c1-20-18(25)23-13-4-2-12(3-5-13)17-22-14(10-16(19)24-17)11-26-15-6-8-21-9-7-15/h2-10H,11H2,1H3,(H2,19,22,24)(H2,20,23,25). The zero-order valence-electron chi connectivity index (χ0n) is 14.1. The molecule has 2 aromatic heterocycles. The van der Waals surface area contributed by atoms with Crippen molar-refractivity contribution in [2.45, 2.75) is 10.6 Å². The van der Waals surface area contributed by atoms with Gasteiger partial charge in [0.1, 0.15) is 5.82 Å². The van der Waals surface area contributed by atoms with E-state index in [1.54, 1.807) is 49.4 Å². The Hall–Kier alpha value is -3.13. The molecule has 0 saturated carbocycles. The van der Waals surface area contributed by atoms with Crippen LogP contribution in [0.15, 0.2) is 59.8 Å². The maximum Gasteiger partial charge on any atom is 0.318 e. The molecule has 2 heterocycles. The summed E-state index contributed by atoms with van der Waals surface area (Å²) in [5.74, 6) is 1.66. The fraction of sp³-hybridized carbons (Fsp3) is 0.111. The van der Waals surface area contributed by atoms with Crippen LogP contribution in [0.1, 0.15) is 5.69 Å². The van der Waals surface area contributed by atoms with Crippen LogP contribution in [0.4, 0.5) is 16.3 Å². The molecule has 26 heavy (non-hydrogen) atoms. The Morgan fingerprint density at radius 2 is 1.85 bits per heavy atom. The number of urea groups is 1. The average molecular weight is 366 g/mol. The van der Waals surface area contributed by atoms with Gasteiger partial charge in [-0.3, -0.25) is 4.98 Å². The molecular weight excluding hydrogens is 348 g/mol. The number of hydrogen-bond donors (Lipinski definition) is 3. The van der Waals surface area contributed by atoms with Gasteiger partial charge in [-0.15, -0.1) is 11.8 Å². The fourth-order valence-corrected chi connectivity index (χ4v) is 2.99. The summed E-state index contributed by atoms with van der Waals surface area (Å²) in [5, 5.41) is 5.21. The first-order chi connectivity index (χ1) is 12.6. The summed E-state index contributed by atoms with van der Waals surface area (Å²) in [5.41, 5.74) is 8.31. The molecular formula is C18H18N6OS. The van der Waals surface area contributed by atoms with E-state index < -0.39 is 0 Å². The van der Waals surface area contributed by atoms with E-state index in [4.69, 9.17) is 5.73 Å². The summed E-state index contributed by atoms with van der Waals surface area (Å²) in [7, 11) is 1.57. The van der Waals surface area contributed by atoms with Gasteiger partial charge in [0, 0.05) is 47.4 Å². The lowest BCUT2D eigenvalue weighted by Crippen LogP contribution is -2.24. The number of carbonyl (C=O) groups excluding carboxylic acids is 1. The molecule has 0 radical (unpaired) electrons. The van der Waals surface area contributed by atoms with Crippen LogP contribution >= 0.6 is 11.8 Å². The number of amides is 2. The van der Waals surface area contributed by atoms with Gasteiger partial charge in [0.15, 0.2) is 5.82 Å². The molecule has 0 spiro atoms. The third kappa shape index (κ3) is 4.70. The van der Waals surface area contributed by atoms with Crippen molar-refractivity contribution >= 4 is 29.3 Å². The van der Waals surface area contributed by atoms with Gasteiger partial charge in [0.25, 0.3) is 0 Å². The highest BCUT2D eigenvalue weighted by atomic mass is 32.2. The Bertz CT molecular complexity index is 886. The van der Waals surface area contributed by atoms with Crippen LogP contribution in [0.2, 0.25) is 0 Å². The summed E-state index contributed by atoms with van der Waals surface area (Å²) in [4.78, 5) is 25.4. The molecule has 0 fully saturated rings. The third-order valence-corrected chi connectivity index (χ3v) is 4.51. The van der Waals surface area contributed by atoms with Crippen LogP contribution < -0.4 is 16.4 Å². The molecule has 4 N–H and O–H groups in total.